The molecule has 0 atom stereocenters. The Labute approximate surface area is 213 Å². The van der Waals surface area contributed by atoms with Crippen molar-refractivity contribution in [3.05, 3.63) is 93.6 Å². The quantitative estimate of drug-likeness (QED) is 0.191. The van der Waals surface area contributed by atoms with Gasteiger partial charge in [-0.05, 0) is 17.5 Å². The van der Waals surface area contributed by atoms with Crippen LogP contribution in [0.2, 0.25) is 0 Å². The van der Waals surface area contributed by atoms with Gasteiger partial charge in [0.05, 0.1) is 19.6 Å². The van der Waals surface area contributed by atoms with E-state index in [-0.39, 0.29) is 16.9 Å². The van der Waals surface area contributed by atoms with Crippen LogP contribution in [0.5, 0.6) is 11.5 Å². The van der Waals surface area contributed by atoms with Gasteiger partial charge in [-0.2, -0.15) is 0 Å². The van der Waals surface area contributed by atoms with E-state index in [9.17, 15) is 9.59 Å². The van der Waals surface area contributed by atoms with Crippen LogP contribution in [0.3, 0.4) is 0 Å². The normalized spacial score (nSPS) is 11.6. The SMILES string of the molecule is COc1cc(OC)c2cc(-c3cc4oc(-c5cc6ccc7ccccc7c6oc5=O)cc4o3)c(=O)oc2c1. The lowest BCUT2D eigenvalue weighted by atomic mass is 10.1. The maximum Gasteiger partial charge on any atom is 0.347 e. The lowest BCUT2D eigenvalue weighted by Crippen LogP contribution is -2.03. The van der Waals surface area contributed by atoms with Crippen LogP contribution in [0, 0.1) is 0 Å². The highest BCUT2D eigenvalue weighted by Gasteiger charge is 2.20. The van der Waals surface area contributed by atoms with Crippen LogP contribution >= 0.6 is 0 Å². The van der Waals surface area contributed by atoms with E-state index in [4.69, 9.17) is 27.1 Å². The highest BCUT2D eigenvalue weighted by Crippen LogP contribution is 2.36. The molecule has 0 saturated carbocycles. The van der Waals surface area contributed by atoms with Gasteiger partial charge in [0.25, 0.3) is 0 Å². The number of benzene rings is 3. The van der Waals surface area contributed by atoms with Gasteiger partial charge in [0.15, 0.2) is 11.2 Å². The average molecular weight is 506 g/mol. The lowest BCUT2D eigenvalue weighted by Gasteiger charge is -2.08. The Balaban J connectivity index is 1.32. The second kappa shape index (κ2) is 8.14. The molecule has 4 heterocycles. The molecule has 0 aliphatic carbocycles. The number of rotatable bonds is 4. The standard InChI is InChI=1S/C30H18O8/c1-33-17-10-22(34-2)19-12-21(29(31)37-23(19)11-17)25-14-27-26(36-25)13-24(35-27)20-9-16-8-7-15-5-3-4-6-18(15)28(16)38-30(20)32/h3-14H,1-2H3. The van der Waals surface area contributed by atoms with Gasteiger partial charge in [0.2, 0.25) is 0 Å². The third-order valence-corrected chi connectivity index (χ3v) is 6.61. The minimum absolute atomic E-state index is 0.200. The predicted molar refractivity (Wildman–Crippen MR) is 142 cm³/mol. The van der Waals surface area contributed by atoms with Crippen molar-refractivity contribution in [1.29, 1.82) is 0 Å². The largest absolute Gasteiger partial charge is 0.496 e. The molecule has 8 heteroatoms. The fourth-order valence-corrected chi connectivity index (χ4v) is 4.74. The first-order valence-corrected chi connectivity index (χ1v) is 11.7. The molecule has 0 aliphatic heterocycles. The maximum absolute atomic E-state index is 12.9. The first kappa shape index (κ1) is 22.0. The van der Waals surface area contributed by atoms with Gasteiger partial charge in [0, 0.05) is 35.0 Å². The number of hydrogen-bond acceptors (Lipinski definition) is 8. The molecule has 8 nitrogen and oxygen atoms in total. The van der Waals surface area contributed by atoms with Crippen LogP contribution in [0.4, 0.5) is 0 Å². The molecular formula is C30H18O8. The van der Waals surface area contributed by atoms with Crippen LogP contribution in [-0.2, 0) is 0 Å². The molecule has 0 spiro atoms. The molecule has 0 unspecified atom stereocenters. The smallest absolute Gasteiger partial charge is 0.347 e. The molecule has 0 N–H and O–H groups in total. The zero-order valence-corrected chi connectivity index (χ0v) is 20.2. The zero-order chi connectivity index (χ0) is 26.0. The van der Waals surface area contributed by atoms with E-state index < -0.39 is 11.3 Å². The van der Waals surface area contributed by atoms with Crippen molar-refractivity contribution in [2.45, 2.75) is 0 Å². The lowest BCUT2D eigenvalue weighted by molar-refractivity contribution is 0.396. The van der Waals surface area contributed by atoms with Crippen molar-refractivity contribution >= 4 is 43.9 Å². The van der Waals surface area contributed by atoms with Gasteiger partial charge in [0.1, 0.15) is 45.3 Å². The molecule has 7 rings (SSSR count). The highest BCUT2D eigenvalue weighted by molar-refractivity contribution is 6.04. The van der Waals surface area contributed by atoms with E-state index in [0.29, 0.717) is 45.0 Å². The van der Waals surface area contributed by atoms with Gasteiger partial charge in [-0.3, -0.25) is 0 Å². The number of hydrogen-bond donors (Lipinski definition) is 0. The number of furan rings is 2. The average Bonchev–Trinajstić information content (AvgIpc) is 3.51. The maximum atomic E-state index is 12.9. The number of methoxy groups -OCH3 is 2. The Morgan fingerprint density at radius 2 is 1.26 bits per heavy atom. The second-order valence-electron chi connectivity index (χ2n) is 8.79. The molecule has 3 aromatic carbocycles. The Bertz CT molecular complexity index is 2120. The number of fused-ring (bicyclic) bond motifs is 5. The van der Waals surface area contributed by atoms with E-state index in [1.165, 1.54) is 14.2 Å². The van der Waals surface area contributed by atoms with Crippen LogP contribution in [-0.4, -0.2) is 14.2 Å². The van der Waals surface area contributed by atoms with E-state index >= 15 is 0 Å². The summed E-state index contributed by atoms with van der Waals surface area (Å²) in [7, 11) is 3.04. The minimum atomic E-state index is -0.591. The summed E-state index contributed by atoms with van der Waals surface area (Å²) in [6.45, 7) is 0. The van der Waals surface area contributed by atoms with Gasteiger partial charge >= 0.3 is 11.3 Å². The van der Waals surface area contributed by atoms with Crippen molar-refractivity contribution < 1.29 is 27.1 Å². The summed E-state index contributed by atoms with van der Waals surface area (Å²) in [4.78, 5) is 25.7. The van der Waals surface area contributed by atoms with E-state index in [1.807, 2.05) is 36.4 Å². The van der Waals surface area contributed by atoms with Crippen molar-refractivity contribution in [1.82, 2.24) is 0 Å². The summed E-state index contributed by atoms with van der Waals surface area (Å²) in [6.07, 6.45) is 0. The van der Waals surface area contributed by atoms with E-state index in [1.54, 1.807) is 36.4 Å². The summed E-state index contributed by atoms with van der Waals surface area (Å²) < 4.78 is 33.8. The van der Waals surface area contributed by atoms with Crippen LogP contribution in [0.1, 0.15) is 0 Å². The summed E-state index contributed by atoms with van der Waals surface area (Å²) in [5.74, 6) is 1.54. The summed E-state index contributed by atoms with van der Waals surface area (Å²) in [5.41, 5.74) is 0.933. The topological polar surface area (TPSA) is 105 Å². The first-order chi connectivity index (χ1) is 18.5. The minimum Gasteiger partial charge on any atom is -0.496 e. The molecule has 0 bridgehead atoms. The molecule has 0 radical (unpaired) electrons. The molecule has 0 aliphatic rings. The van der Waals surface area contributed by atoms with Crippen LogP contribution in [0.25, 0.3) is 66.5 Å². The predicted octanol–water partition coefficient (Wildman–Crippen LogP) is 6.74. The zero-order valence-electron chi connectivity index (χ0n) is 20.2. The fraction of sp³-hybridized carbons (Fsp3) is 0.0667. The third kappa shape index (κ3) is 3.31. The molecular weight excluding hydrogens is 488 g/mol. The Hall–Kier alpha value is -5.24. The van der Waals surface area contributed by atoms with Crippen molar-refractivity contribution in [3.63, 3.8) is 0 Å². The molecule has 7 aromatic rings. The monoisotopic (exact) mass is 506 g/mol. The van der Waals surface area contributed by atoms with Crippen molar-refractivity contribution in [2.24, 2.45) is 0 Å². The third-order valence-electron chi connectivity index (χ3n) is 6.61. The van der Waals surface area contributed by atoms with Gasteiger partial charge in [-0.15, -0.1) is 0 Å². The van der Waals surface area contributed by atoms with E-state index in [2.05, 4.69) is 0 Å². The molecule has 0 saturated heterocycles. The molecule has 0 amide bonds. The second-order valence-corrected chi connectivity index (χ2v) is 8.79. The summed E-state index contributed by atoms with van der Waals surface area (Å²) >= 11 is 0. The van der Waals surface area contributed by atoms with Gasteiger partial charge in [-0.1, -0.05) is 36.4 Å². The van der Waals surface area contributed by atoms with Crippen molar-refractivity contribution in [2.75, 3.05) is 14.2 Å². The van der Waals surface area contributed by atoms with E-state index in [0.717, 1.165) is 16.2 Å². The summed E-state index contributed by atoms with van der Waals surface area (Å²) in [5, 5.41) is 3.19. The first-order valence-electron chi connectivity index (χ1n) is 11.7. The van der Waals surface area contributed by atoms with Crippen LogP contribution < -0.4 is 20.7 Å². The Morgan fingerprint density at radius 1 is 0.579 bits per heavy atom. The van der Waals surface area contributed by atoms with Gasteiger partial charge < -0.3 is 27.1 Å². The number of ether oxygens (including phenoxy) is 2. The Morgan fingerprint density at radius 3 is 2.00 bits per heavy atom. The highest BCUT2D eigenvalue weighted by atomic mass is 16.5. The summed E-state index contributed by atoms with van der Waals surface area (Å²) in [6, 6.07) is 21.5. The van der Waals surface area contributed by atoms with Crippen molar-refractivity contribution in [3.8, 4) is 34.1 Å². The van der Waals surface area contributed by atoms with Crippen LogP contribution in [0.15, 0.2) is 100 Å². The fourth-order valence-electron chi connectivity index (χ4n) is 4.74. The molecule has 186 valence electrons. The molecule has 38 heavy (non-hydrogen) atoms. The Kier molecular flexibility index (Phi) is 4.71. The molecule has 0 fully saturated rings. The van der Waals surface area contributed by atoms with Gasteiger partial charge in [-0.25, -0.2) is 9.59 Å². The molecule has 4 aromatic heterocycles.